The molecule has 0 aromatic heterocycles. The molecule has 0 amide bonds. The van der Waals surface area contributed by atoms with Crippen LogP contribution >= 0.6 is 0 Å². The van der Waals surface area contributed by atoms with Crippen LogP contribution in [0.25, 0.3) is 0 Å². The summed E-state index contributed by atoms with van der Waals surface area (Å²) in [6.45, 7) is 3.65. The molecule has 31 heavy (non-hydrogen) atoms. The van der Waals surface area contributed by atoms with E-state index in [9.17, 15) is 22.4 Å². The number of anilines is 1. The molecule has 0 saturated carbocycles. The van der Waals surface area contributed by atoms with Crippen LogP contribution in [-0.2, 0) is 17.4 Å². The molecule has 2 rings (SSSR count). The highest BCUT2D eigenvalue weighted by molar-refractivity contribution is 5.48. The summed E-state index contributed by atoms with van der Waals surface area (Å²) in [7, 11) is 0. The smallest absolute Gasteiger partial charge is 0.416 e. The highest BCUT2D eigenvalue weighted by atomic mass is 19.4. The lowest BCUT2D eigenvalue weighted by Crippen LogP contribution is -2.09. The van der Waals surface area contributed by atoms with Gasteiger partial charge in [0.2, 0.25) is 0 Å². The van der Waals surface area contributed by atoms with Gasteiger partial charge in [-0.3, -0.25) is 0 Å². The first kappa shape index (κ1) is 27.9. The molecular weight excluding hydrogens is 416 g/mol. The second kappa shape index (κ2) is 14.8. The van der Waals surface area contributed by atoms with Crippen LogP contribution in [0.4, 0.5) is 23.2 Å². The van der Waals surface area contributed by atoms with Crippen molar-refractivity contribution in [1.29, 1.82) is 5.26 Å². The number of alkyl halides is 3. The maximum atomic E-state index is 12.9. The molecule has 0 radical (unpaired) electrons. The van der Waals surface area contributed by atoms with Crippen molar-refractivity contribution in [3.05, 3.63) is 58.9 Å². The summed E-state index contributed by atoms with van der Waals surface area (Å²) in [5, 5.41) is 16.8. The zero-order valence-corrected chi connectivity index (χ0v) is 17.4. The van der Waals surface area contributed by atoms with E-state index >= 15 is 0 Å². The highest BCUT2D eigenvalue weighted by Gasteiger charge is 2.33. The fourth-order valence-electron chi connectivity index (χ4n) is 2.19. The van der Waals surface area contributed by atoms with Crippen LogP contribution in [-0.4, -0.2) is 24.6 Å². The lowest BCUT2D eigenvalue weighted by Gasteiger charge is -2.12. The fraction of sp³-hybridized carbons (Fsp3) is 0.364. The van der Waals surface area contributed by atoms with E-state index in [2.05, 4.69) is 0 Å². The number of ether oxygens (including phenoxy) is 1. The number of aldehydes is 1. The summed E-state index contributed by atoms with van der Waals surface area (Å²) in [5.74, 6) is -0.302. The summed E-state index contributed by atoms with van der Waals surface area (Å²) in [5.41, 5.74) is 5.16. The Bertz CT molecular complexity index is 850. The number of aryl methyl sites for hydroxylation is 1. The molecule has 5 nitrogen and oxygen atoms in total. The fourth-order valence-corrected chi connectivity index (χ4v) is 2.19. The van der Waals surface area contributed by atoms with Crippen molar-refractivity contribution >= 4 is 12.0 Å². The molecule has 0 heterocycles. The van der Waals surface area contributed by atoms with Gasteiger partial charge < -0.3 is 20.4 Å². The number of nitrogens with zero attached hydrogens (tertiary/aromatic N) is 1. The Balaban J connectivity index is 0.000000497. The Labute approximate surface area is 179 Å². The summed E-state index contributed by atoms with van der Waals surface area (Å²) in [6.07, 6.45) is -1.68. The highest BCUT2D eigenvalue weighted by Crippen LogP contribution is 2.33. The standard InChI is InChI=1S/C10H12F3N.C9H8FNO2.C3H6O/c1-2-3-7-4-5-8(14)6-9(7)10(11,12)13;10-9-5-8(13-4-3-12)2-1-7(9)6-11;1-2-3-4/h4-6H,2-3,14H2,1H3;1-2,5,12H,3-4H2;3H,2H2,1H3. The summed E-state index contributed by atoms with van der Waals surface area (Å²) in [4.78, 5) is 9.17. The predicted octanol–water partition coefficient (Wildman–Crippen LogP) is 4.90. The van der Waals surface area contributed by atoms with Gasteiger partial charge in [-0.15, -0.1) is 0 Å². The average Bonchev–Trinajstić information content (AvgIpc) is 2.73. The van der Waals surface area contributed by atoms with E-state index in [1.807, 2.05) is 13.8 Å². The number of halogens is 4. The van der Waals surface area contributed by atoms with E-state index in [-0.39, 0.29) is 24.5 Å². The molecule has 3 N–H and O–H groups in total. The van der Waals surface area contributed by atoms with Crippen molar-refractivity contribution in [2.24, 2.45) is 0 Å². The van der Waals surface area contributed by atoms with Crippen molar-refractivity contribution in [3.63, 3.8) is 0 Å². The molecule has 0 aliphatic rings. The molecule has 2 aromatic carbocycles. The number of nitrogen functional groups attached to an aromatic ring is 1. The summed E-state index contributed by atoms with van der Waals surface area (Å²) in [6, 6.07) is 9.57. The van der Waals surface area contributed by atoms with Gasteiger partial charge >= 0.3 is 6.18 Å². The molecule has 0 aliphatic heterocycles. The molecule has 0 atom stereocenters. The molecule has 0 fully saturated rings. The van der Waals surface area contributed by atoms with Gasteiger partial charge in [0.05, 0.1) is 17.7 Å². The van der Waals surface area contributed by atoms with Crippen molar-refractivity contribution < 1.29 is 32.2 Å². The third kappa shape index (κ3) is 11.0. The van der Waals surface area contributed by atoms with Gasteiger partial charge in [0.15, 0.2) is 0 Å². The number of carbonyl (C=O) groups is 1. The number of carbonyl (C=O) groups excluding carboxylic acids is 1. The van der Waals surface area contributed by atoms with Gasteiger partial charge in [0.25, 0.3) is 0 Å². The third-order valence-corrected chi connectivity index (χ3v) is 3.55. The van der Waals surface area contributed by atoms with Gasteiger partial charge in [-0.1, -0.05) is 26.3 Å². The number of hydrogen-bond donors (Lipinski definition) is 2. The van der Waals surface area contributed by atoms with Gasteiger partial charge in [-0.05, 0) is 36.2 Å². The largest absolute Gasteiger partial charge is 0.491 e. The quantitative estimate of drug-likeness (QED) is 0.377. The van der Waals surface area contributed by atoms with Gasteiger partial charge in [-0.2, -0.15) is 18.4 Å². The molecule has 0 unspecified atom stereocenters. The molecule has 2 aromatic rings. The minimum atomic E-state index is -4.31. The summed E-state index contributed by atoms with van der Waals surface area (Å²) < 4.78 is 55.3. The Morgan fingerprint density at radius 1 is 1.19 bits per heavy atom. The second-order valence-electron chi connectivity index (χ2n) is 6.06. The Morgan fingerprint density at radius 3 is 2.29 bits per heavy atom. The average molecular weight is 442 g/mol. The van der Waals surface area contributed by atoms with Crippen molar-refractivity contribution in [3.8, 4) is 11.8 Å². The van der Waals surface area contributed by atoms with Gasteiger partial charge in [0.1, 0.15) is 30.5 Å². The lowest BCUT2D eigenvalue weighted by atomic mass is 10.0. The normalized spacial score (nSPS) is 10.0. The van der Waals surface area contributed by atoms with E-state index < -0.39 is 17.6 Å². The maximum absolute atomic E-state index is 12.9. The minimum Gasteiger partial charge on any atom is -0.491 e. The number of aliphatic hydroxyl groups is 1. The van der Waals surface area contributed by atoms with Gasteiger partial charge in [-0.25, -0.2) is 4.39 Å². The third-order valence-electron chi connectivity index (χ3n) is 3.55. The van der Waals surface area contributed by atoms with Gasteiger partial charge in [0, 0.05) is 18.2 Å². The predicted molar refractivity (Wildman–Crippen MR) is 110 cm³/mol. The van der Waals surface area contributed by atoms with E-state index in [0.29, 0.717) is 30.6 Å². The maximum Gasteiger partial charge on any atom is 0.416 e. The first-order valence-corrected chi connectivity index (χ1v) is 9.47. The van der Waals surface area contributed by atoms with Crippen LogP contribution in [0.3, 0.4) is 0 Å². The number of hydrogen-bond acceptors (Lipinski definition) is 5. The Kier molecular flexibility index (Phi) is 13.3. The summed E-state index contributed by atoms with van der Waals surface area (Å²) >= 11 is 0. The van der Waals surface area contributed by atoms with Crippen molar-refractivity contribution in [1.82, 2.24) is 0 Å². The van der Waals surface area contributed by atoms with Crippen LogP contribution in [0.5, 0.6) is 5.75 Å². The minimum absolute atomic E-state index is 0.0173. The molecule has 170 valence electrons. The molecule has 0 saturated heterocycles. The number of nitriles is 1. The topological polar surface area (TPSA) is 96.3 Å². The Hall–Kier alpha value is -3.12. The monoisotopic (exact) mass is 442 g/mol. The van der Waals surface area contributed by atoms with Crippen LogP contribution in [0.1, 0.15) is 43.4 Å². The van der Waals surface area contributed by atoms with E-state index in [0.717, 1.165) is 18.4 Å². The molecule has 0 aliphatic carbocycles. The SMILES string of the molecule is CCC=O.CCCc1ccc(N)cc1C(F)(F)F.N#Cc1ccc(OCCO)cc1F. The lowest BCUT2D eigenvalue weighted by molar-refractivity contribution is -0.138. The van der Waals surface area contributed by atoms with E-state index in [1.165, 1.54) is 24.3 Å². The van der Waals surface area contributed by atoms with Crippen LogP contribution < -0.4 is 10.5 Å². The molecule has 0 bridgehead atoms. The van der Waals surface area contributed by atoms with Crippen molar-refractivity contribution in [2.45, 2.75) is 39.3 Å². The van der Waals surface area contributed by atoms with Crippen LogP contribution in [0, 0.1) is 17.1 Å². The number of benzene rings is 2. The van der Waals surface area contributed by atoms with Crippen molar-refractivity contribution in [2.75, 3.05) is 18.9 Å². The number of nitrogens with two attached hydrogens (primary N) is 1. The number of rotatable bonds is 6. The first-order valence-electron chi connectivity index (χ1n) is 9.47. The molecule has 9 heteroatoms. The zero-order chi connectivity index (χ0) is 23.9. The van der Waals surface area contributed by atoms with Crippen LogP contribution in [0.15, 0.2) is 36.4 Å². The number of aliphatic hydroxyl groups excluding tert-OH is 1. The second-order valence-corrected chi connectivity index (χ2v) is 6.06. The van der Waals surface area contributed by atoms with Crippen LogP contribution in [0.2, 0.25) is 0 Å². The zero-order valence-electron chi connectivity index (χ0n) is 17.4. The molecule has 0 spiro atoms. The Morgan fingerprint density at radius 2 is 1.84 bits per heavy atom. The van der Waals surface area contributed by atoms with E-state index in [4.69, 9.17) is 20.8 Å². The van der Waals surface area contributed by atoms with E-state index in [1.54, 1.807) is 6.07 Å². The molecular formula is C22H26F4N2O3. The first-order chi connectivity index (χ1) is 14.6.